The van der Waals surface area contributed by atoms with Gasteiger partial charge in [-0.05, 0) is 39.7 Å². The molecule has 0 aliphatic heterocycles. The van der Waals surface area contributed by atoms with Crippen molar-refractivity contribution in [3.8, 4) is 0 Å². The molecule has 1 aromatic rings. The van der Waals surface area contributed by atoms with Crippen LogP contribution in [0.25, 0.3) is 0 Å². The Labute approximate surface area is 98.8 Å². The van der Waals surface area contributed by atoms with Gasteiger partial charge in [-0.25, -0.2) is 0 Å². The van der Waals surface area contributed by atoms with Gasteiger partial charge in [0.05, 0.1) is 12.2 Å². The Morgan fingerprint density at radius 2 is 1.75 bits per heavy atom. The molecule has 2 nitrogen and oxygen atoms in total. The van der Waals surface area contributed by atoms with Gasteiger partial charge in [-0.15, -0.1) is 0 Å². The Balaban J connectivity index is 2.39. The van der Waals surface area contributed by atoms with E-state index in [4.69, 9.17) is 10.5 Å². The third-order valence-electron chi connectivity index (χ3n) is 2.35. The zero-order valence-electron chi connectivity index (χ0n) is 10.8. The van der Waals surface area contributed by atoms with Crippen LogP contribution in [0.15, 0.2) is 24.3 Å². The Kier molecular flexibility index (Phi) is 4.51. The third-order valence-corrected chi connectivity index (χ3v) is 2.35. The van der Waals surface area contributed by atoms with E-state index in [0.29, 0.717) is 6.61 Å². The second-order valence-corrected chi connectivity index (χ2v) is 5.37. The average molecular weight is 221 g/mol. The van der Waals surface area contributed by atoms with Crippen LogP contribution in [-0.2, 0) is 11.2 Å². The molecule has 0 amide bonds. The fraction of sp³-hybridized carbons (Fsp3) is 0.571. The van der Waals surface area contributed by atoms with E-state index in [2.05, 4.69) is 31.2 Å². The van der Waals surface area contributed by atoms with Crippen molar-refractivity contribution >= 4 is 0 Å². The molecule has 0 fully saturated rings. The summed E-state index contributed by atoms with van der Waals surface area (Å²) in [6.07, 6.45) is 0.871. The highest BCUT2D eigenvalue weighted by Gasteiger charge is 2.12. The summed E-state index contributed by atoms with van der Waals surface area (Å²) in [6.45, 7) is 8.84. The summed E-state index contributed by atoms with van der Waals surface area (Å²) in [6, 6.07) is 8.57. The zero-order valence-corrected chi connectivity index (χ0v) is 10.8. The van der Waals surface area contributed by atoms with Crippen LogP contribution in [0.2, 0.25) is 0 Å². The van der Waals surface area contributed by atoms with Gasteiger partial charge in [0.25, 0.3) is 0 Å². The Morgan fingerprint density at radius 3 is 2.25 bits per heavy atom. The van der Waals surface area contributed by atoms with Crippen molar-refractivity contribution in [1.82, 2.24) is 0 Å². The molecule has 1 atom stereocenters. The lowest BCUT2D eigenvalue weighted by Gasteiger charge is -2.22. The van der Waals surface area contributed by atoms with Crippen LogP contribution in [0.4, 0.5) is 0 Å². The van der Waals surface area contributed by atoms with Crippen molar-refractivity contribution in [2.75, 3.05) is 6.61 Å². The molecular formula is C14H23NO. The Morgan fingerprint density at radius 1 is 1.19 bits per heavy atom. The molecule has 16 heavy (non-hydrogen) atoms. The standard InChI is InChI=1S/C14H23NO/c1-11-5-7-12(8-6-11)9-13(15)10-16-14(2,3)4/h5-8,13H,9-10,15H2,1-4H3. The van der Waals surface area contributed by atoms with Crippen LogP contribution < -0.4 is 5.73 Å². The number of ether oxygens (including phenoxy) is 1. The maximum atomic E-state index is 6.03. The largest absolute Gasteiger partial charge is 0.374 e. The van der Waals surface area contributed by atoms with E-state index in [-0.39, 0.29) is 11.6 Å². The van der Waals surface area contributed by atoms with Crippen molar-refractivity contribution in [2.24, 2.45) is 5.73 Å². The van der Waals surface area contributed by atoms with E-state index in [1.807, 2.05) is 20.8 Å². The monoisotopic (exact) mass is 221 g/mol. The minimum atomic E-state index is -0.106. The summed E-state index contributed by atoms with van der Waals surface area (Å²) in [4.78, 5) is 0. The molecule has 0 spiro atoms. The lowest BCUT2D eigenvalue weighted by molar-refractivity contribution is -0.00983. The van der Waals surface area contributed by atoms with Gasteiger partial charge in [-0.2, -0.15) is 0 Å². The van der Waals surface area contributed by atoms with Gasteiger partial charge in [0.1, 0.15) is 0 Å². The summed E-state index contributed by atoms with van der Waals surface area (Å²) in [5.41, 5.74) is 8.47. The molecule has 0 saturated carbocycles. The Bertz CT molecular complexity index is 311. The maximum Gasteiger partial charge on any atom is 0.0627 e. The van der Waals surface area contributed by atoms with Crippen molar-refractivity contribution in [2.45, 2.75) is 45.8 Å². The zero-order chi connectivity index (χ0) is 12.2. The molecular weight excluding hydrogens is 198 g/mol. The summed E-state index contributed by atoms with van der Waals surface area (Å²) < 4.78 is 5.66. The Hall–Kier alpha value is -0.860. The molecule has 1 unspecified atom stereocenters. The van der Waals surface area contributed by atoms with Crippen LogP contribution in [0.1, 0.15) is 31.9 Å². The van der Waals surface area contributed by atoms with E-state index in [1.165, 1.54) is 11.1 Å². The molecule has 0 saturated heterocycles. The quantitative estimate of drug-likeness (QED) is 0.848. The van der Waals surface area contributed by atoms with E-state index < -0.39 is 0 Å². The smallest absolute Gasteiger partial charge is 0.0627 e. The first-order valence-corrected chi connectivity index (χ1v) is 5.82. The fourth-order valence-corrected chi connectivity index (χ4v) is 1.44. The number of rotatable bonds is 4. The van der Waals surface area contributed by atoms with E-state index in [0.717, 1.165) is 6.42 Å². The highest BCUT2D eigenvalue weighted by molar-refractivity contribution is 5.21. The highest BCUT2D eigenvalue weighted by Crippen LogP contribution is 2.09. The first-order chi connectivity index (χ1) is 7.37. The minimum Gasteiger partial charge on any atom is -0.374 e. The van der Waals surface area contributed by atoms with Gasteiger partial charge in [0, 0.05) is 6.04 Å². The summed E-state index contributed by atoms with van der Waals surface area (Å²) in [7, 11) is 0. The van der Waals surface area contributed by atoms with Crippen molar-refractivity contribution in [3.05, 3.63) is 35.4 Å². The number of benzene rings is 1. The molecule has 0 heterocycles. The average Bonchev–Trinajstić information content (AvgIpc) is 2.18. The molecule has 0 bridgehead atoms. The molecule has 0 radical (unpaired) electrons. The van der Waals surface area contributed by atoms with Gasteiger partial charge in [-0.3, -0.25) is 0 Å². The van der Waals surface area contributed by atoms with Crippen molar-refractivity contribution in [1.29, 1.82) is 0 Å². The topological polar surface area (TPSA) is 35.2 Å². The minimum absolute atomic E-state index is 0.0712. The second kappa shape index (κ2) is 5.46. The number of hydrogen-bond donors (Lipinski definition) is 1. The molecule has 90 valence electrons. The molecule has 1 aromatic carbocycles. The molecule has 2 N–H and O–H groups in total. The van der Waals surface area contributed by atoms with Gasteiger partial charge in [0.15, 0.2) is 0 Å². The van der Waals surface area contributed by atoms with Gasteiger partial charge < -0.3 is 10.5 Å². The number of nitrogens with two attached hydrogens (primary N) is 1. The molecule has 1 rings (SSSR count). The molecule has 0 aliphatic rings. The van der Waals surface area contributed by atoms with Crippen molar-refractivity contribution in [3.63, 3.8) is 0 Å². The highest BCUT2D eigenvalue weighted by atomic mass is 16.5. The van der Waals surface area contributed by atoms with Gasteiger partial charge in [-0.1, -0.05) is 29.8 Å². The van der Waals surface area contributed by atoms with Gasteiger partial charge in [0.2, 0.25) is 0 Å². The lowest BCUT2D eigenvalue weighted by Crippen LogP contribution is -2.33. The number of hydrogen-bond acceptors (Lipinski definition) is 2. The fourth-order valence-electron chi connectivity index (χ4n) is 1.44. The van der Waals surface area contributed by atoms with Crippen LogP contribution in [0.3, 0.4) is 0 Å². The molecule has 0 aromatic heterocycles. The van der Waals surface area contributed by atoms with E-state index in [9.17, 15) is 0 Å². The van der Waals surface area contributed by atoms with Crippen LogP contribution in [0.5, 0.6) is 0 Å². The predicted octanol–water partition coefficient (Wildman–Crippen LogP) is 2.68. The SMILES string of the molecule is Cc1ccc(CC(N)COC(C)(C)C)cc1. The maximum absolute atomic E-state index is 6.03. The van der Waals surface area contributed by atoms with Crippen LogP contribution >= 0.6 is 0 Å². The van der Waals surface area contributed by atoms with Gasteiger partial charge >= 0.3 is 0 Å². The van der Waals surface area contributed by atoms with Crippen LogP contribution in [0, 0.1) is 6.92 Å². The number of aryl methyl sites for hydroxylation is 1. The summed E-state index contributed by atoms with van der Waals surface area (Å²) >= 11 is 0. The predicted molar refractivity (Wildman–Crippen MR) is 68.6 cm³/mol. The lowest BCUT2D eigenvalue weighted by atomic mass is 10.1. The first-order valence-electron chi connectivity index (χ1n) is 5.82. The van der Waals surface area contributed by atoms with E-state index >= 15 is 0 Å². The third kappa shape index (κ3) is 5.29. The summed E-state index contributed by atoms with van der Waals surface area (Å²) in [5, 5.41) is 0. The van der Waals surface area contributed by atoms with Crippen molar-refractivity contribution < 1.29 is 4.74 Å². The summed E-state index contributed by atoms with van der Waals surface area (Å²) in [5.74, 6) is 0. The van der Waals surface area contributed by atoms with Crippen LogP contribution in [-0.4, -0.2) is 18.2 Å². The normalized spacial score (nSPS) is 13.8. The first kappa shape index (κ1) is 13.2. The van der Waals surface area contributed by atoms with E-state index in [1.54, 1.807) is 0 Å². The second-order valence-electron chi connectivity index (χ2n) is 5.37. The molecule has 2 heteroatoms. The molecule has 0 aliphatic carbocycles.